The van der Waals surface area contributed by atoms with Crippen molar-refractivity contribution in [3.05, 3.63) is 34.2 Å². The summed E-state index contributed by atoms with van der Waals surface area (Å²) in [6.45, 7) is 5.84. The molecule has 1 aliphatic rings. The maximum Gasteiger partial charge on any atom is 0.254 e. The average molecular weight is 220 g/mol. The Kier molecular flexibility index (Phi) is 2.58. The van der Waals surface area contributed by atoms with Crippen molar-refractivity contribution >= 4 is 5.91 Å². The summed E-state index contributed by atoms with van der Waals surface area (Å²) in [5.74, 6) is -0.0447. The Morgan fingerprint density at radius 3 is 2.81 bits per heavy atom. The molecular formula is C12H16N2O2. The lowest BCUT2D eigenvalue weighted by molar-refractivity contribution is 0.0778. The molecular weight excluding hydrogens is 204 g/mol. The van der Waals surface area contributed by atoms with Gasteiger partial charge in [-0.2, -0.15) is 0 Å². The second-order valence-electron chi connectivity index (χ2n) is 5.08. The van der Waals surface area contributed by atoms with Crippen molar-refractivity contribution in [2.45, 2.75) is 20.3 Å². The van der Waals surface area contributed by atoms with Crippen LogP contribution in [0.1, 0.15) is 30.6 Å². The molecule has 0 unspecified atom stereocenters. The fourth-order valence-electron chi connectivity index (χ4n) is 2.05. The maximum atomic E-state index is 12.1. The number of carbonyl (C=O) groups is 1. The van der Waals surface area contributed by atoms with Gasteiger partial charge in [0, 0.05) is 30.9 Å². The molecule has 0 radical (unpaired) electrons. The quantitative estimate of drug-likeness (QED) is 0.774. The third-order valence-electron chi connectivity index (χ3n) is 2.99. The highest BCUT2D eigenvalue weighted by atomic mass is 16.2. The molecule has 4 heteroatoms. The highest BCUT2D eigenvalue weighted by Crippen LogP contribution is 2.29. The predicted molar refractivity (Wildman–Crippen MR) is 61.4 cm³/mol. The van der Waals surface area contributed by atoms with Crippen LogP contribution in [-0.2, 0) is 0 Å². The third kappa shape index (κ3) is 2.15. The summed E-state index contributed by atoms with van der Waals surface area (Å²) in [5, 5.41) is 0. The Hall–Kier alpha value is -1.58. The molecule has 0 aliphatic carbocycles. The second-order valence-corrected chi connectivity index (χ2v) is 5.08. The van der Waals surface area contributed by atoms with E-state index >= 15 is 0 Å². The molecule has 16 heavy (non-hydrogen) atoms. The number of carbonyl (C=O) groups excluding carboxylic acids is 1. The number of nitrogens with one attached hydrogen (secondary N) is 1. The molecule has 2 rings (SSSR count). The van der Waals surface area contributed by atoms with Crippen LogP contribution in [0.15, 0.2) is 23.1 Å². The summed E-state index contributed by atoms with van der Waals surface area (Å²) < 4.78 is 0. The molecule has 1 fully saturated rings. The van der Waals surface area contributed by atoms with Crippen molar-refractivity contribution in [1.29, 1.82) is 0 Å². The average Bonchev–Trinajstić information content (AvgIpc) is 2.58. The van der Waals surface area contributed by atoms with E-state index in [2.05, 4.69) is 18.8 Å². The number of hydrogen-bond donors (Lipinski definition) is 1. The van der Waals surface area contributed by atoms with E-state index in [-0.39, 0.29) is 16.9 Å². The number of H-pyrrole nitrogens is 1. The molecule has 0 spiro atoms. The number of aromatic amines is 1. The molecule has 1 aromatic heterocycles. The Bertz CT molecular complexity index is 462. The Morgan fingerprint density at radius 2 is 2.25 bits per heavy atom. The first-order valence-electron chi connectivity index (χ1n) is 5.46. The molecule has 1 aliphatic heterocycles. The highest BCUT2D eigenvalue weighted by Gasteiger charge is 2.32. The van der Waals surface area contributed by atoms with Gasteiger partial charge in [0.15, 0.2) is 0 Å². The fourth-order valence-corrected chi connectivity index (χ4v) is 2.05. The van der Waals surface area contributed by atoms with Gasteiger partial charge < -0.3 is 9.88 Å². The van der Waals surface area contributed by atoms with Crippen LogP contribution in [0, 0.1) is 5.41 Å². The standard InChI is InChI=1S/C12H16N2O2/c1-12(2)4-6-14(8-12)11(16)9-3-5-13-10(15)7-9/h3,5,7H,4,6,8H2,1-2H3,(H,13,15). The van der Waals surface area contributed by atoms with Crippen LogP contribution in [0.5, 0.6) is 0 Å². The zero-order chi connectivity index (χ0) is 11.8. The minimum atomic E-state index is -0.232. The van der Waals surface area contributed by atoms with Gasteiger partial charge in [-0.05, 0) is 17.9 Å². The van der Waals surface area contributed by atoms with Gasteiger partial charge >= 0.3 is 0 Å². The zero-order valence-electron chi connectivity index (χ0n) is 9.62. The summed E-state index contributed by atoms with van der Waals surface area (Å²) in [6, 6.07) is 3.00. The van der Waals surface area contributed by atoms with Gasteiger partial charge in [0.1, 0.15) is 0 Å². The summed E-state index contributed by atoms with van der Waals surface area (Å²) in [6.07, 6.45) is 2.53. The van der Waals surface area contributed by atoms with Gasteiger partial charge in [-0.3, -0.25) is 9.59 Å². The molecule has 4 nitrogen and oxygen atoms in total. The molecule has 1 saturated heterocycles. The lowest BCUT2D eigenvalue weighted by atomic mass is 9.93. The number of aromatic nitrogens is 1. The van der Waals surface area contributed by atoms with E-state index in [1.165, 1.54) is 12.3 Å². The monoisotopic (exact) mass is 220 g/mol. The van der Waals surface area contributed by atoms with E-state index in [0.717, 1.165) is 19.5 Å². The summed E-state index contributed by atoms with van der Waals surface area (Å²) in [4.78, 5) is 27.5. The number of pyridine rings is 1. The molecule has 0 aromatic carbocycles. The molecule has 1 aromatic rings. The van der Waals surface area contributed by atoms with Gasteiger partial charge in [0.25, 0.3) is 5.91 Å². The van der Waals surface area contributed by atoms with E-state index in [4.69, 9.17) is 0 Å². The number of hydrogen-bond acceptors (Lipinski definition) is 2. The van der Waals surface area contributed by atoms with Crippen molar-refractivity contribution in [3.63, 3.8) is 0 Å². The largest absolute Gasteiger partial charge is 0.338 e. The van der Waals surface area contributed by atoms with Crippen LogP contribution in [-0.4, -0.2) is 28.9 Å². The van der Waals surface area contributed by atoms with Crippen LogP contribution >= 0.6 is 0 Å². The van der Waals surface area contributed by atoms with Gasteiger partial charge in [-0.15, -0.1) is 0 Å². The van der Waals surface area contributed by atoms with Crippen LogP contribution in [0.25, 0.3) is 0 Å². The van der Waals surface area contributed by atoms with Gasteiger partial charge in [-0.1, -0.05) is 13.8 Å². The smallest absolute Gasteiger partial charge is 0.254 e. The zero-order valence-corrected chi connectivity index (χ0v) is 9.62. The molecule has 0 atom stereocenters. The first-order chi connectivity index (χ1) is 7.48. The first kappa shape index (κ1) is 10.9. The van der Waals surface area contributed by atoms with Crippen LogP contribution in [0.2, 0.25) is 0 Å². The highest BCUT2D eigenvalue weighted by molar-refractivity contribution is 5.94. The summed E-state index contributed by atoms with van der Waals surface area (Å²) >= 11 is 0. The fraction of sp³-hybridized carbons (Fsp3) is 0.500. The number of nitrogens with zero attached hydrogens (tertiary/aromatic N) is 1. The number of rotatable bonds is 1. The molecule has 0 bridgehead atoms. The summed E-state index contributed by atoms with van der Waals surface area (Å²) in [7, 11) is 0. The van der Waals surface area contributed by atoms with E-state index in [0.29, 0.717) is 5.56 Å². The van der Waals surface area contributed by atoms with Crippen LogP contribution < -0.4 is 5.56 Å². The van der Waals surface area contributed by atoms with Crippen molar-refractivity contribution in [2.24, 2.45) is 5.41 Å². The molecule has 1 N–H and O–H groups in total. The van der Waals surface area contributed by atoms with Crippen LogP contribution in [0.3, 0.4) is 0 Å². The first-order valence-corrected chi connectivity index (χ1v) is 5.46. The Morgan fingerprint density at radius 1 is 1.50 bits per heavy atom. The Balaban J connectivity index is 2.18. The van der Waals surface area contributed by atoms with Gasteiger partial charge in [0.2, 0.25) is 5.56 Å². The van der Waals surface area contributed by atoms with Crippen LogP contribution in [0.4, 0.5) is 0 Å². The number of likely N-dealkylation sites (tertiary alicyclic amines) is 1. The predicted octanol–water partition coefficient (Wildman–Crippen LogP) is 1.25. The van der Waals surface area contributed by atoms with E-state index in [9.17, 15) is 9.59 Å². The minimum Gasteiger partial charge on any atom is -0.338 e. The van der Waals surface area contributed by atoms with Gasteiger partial charge in [0.05, 0.1) is 0 Å². The normalized spacial score (nSPS) is 18.8. The van der Waals surface area contributed by atoms with Crippen molar-refractivity contribution in [2.75, 3.05) is 13.1 Å². The second kappa shape index (κ2) is 3.77. The van der Waals surface area contributed by atoms with E-state index in [1.807, 2.05) is 4.90 Å². The van der Waals surface area contributed by atoms with Crippen molar-refractivity contribution in [3.8, 4) is 0 Å². The Labute approximate surface area is 94.3 Å². The molecule has 0 saturated carbocycles. The van der Waals surface area contributed by atoms with Gasteiger partial charge in [-0.25, -0.2) is 0 Å². The number of amides is 1. The molecule has 86 valence electrons. The topological polar surface area (TPSA) is 53.2 Å². The SMILES string of the molecule is CC1(C)CCN(C(=O)c2cc[nH]c(=O)c2)C1. The minimum absolute atomic E-state index is 0.0447. The third-order valence-corrected chi connectivity index (χ3v) is 2.99. The maximum absolute atomic E-state index is 12.1. The molecule has 1 amide bonds. The summed E-state index contributed by atoms with van der Waals surface area (Å²) in [5.41, 5.74) is 0.433. The lowest BCUT2D eigenvalue weighted by Gasteiger charge is -2.19. The van der Waals surface area contributed by atoms with Crippen molar-refractivity contribution in [1.82, 2.24) is 9.88 Å². The van der Waals surface area contributed by atoms with E-state index in [1.54, 1.807) is 6.07 Å². The molecule has 2 heterocycles. The van der Waals surface area contributed by atoms with Crippen molar-refractivity contribution < 1.29 is 4.79 Å². The lowest BCUT2D eigenvalue weighted by Crippen LogP contribution is -2.30. The van der Waals surface area contributed by atoms with E-state index < -0.39 is 0 Å².